The second-order valence-corrected chi connectivity index (χ2v) is 6.27. The third-order valence-corrected chi connectivity index (χ3v) is 4.39. The van der Waals surface area contributed by atoms with Crippen LogP contribution in [0.2, 0.25) is 0 Å². The average Bonchev–Trinajstić information content (AvgIpc) is 3.14. The summed E-state index contributed by atoms with van der Waals surface area (Å²) in [5, 5.41) is 19.1. The van der Waals surface area contributed by atoms with Gasteiger partial charge in [0.1, 0.15) is 5.69 Å². The molecule has 0 fully saturated rings. The van der Waals surface area contributed by atoms with E-state index in [1.54, 1.807) is 12.1 Å². The number of amides is 1. The molecule has 0 spiro atoms. The minimum absolute atomic E-state index is 0.146. The third kappa shape index (κ3) is 4.21. The summed E-state index contributed by atoms with van der Waals surface area (Å²) < 4.78 is 0. The molecule has 0 aliphatic carbocycles. The van der Waals surface area contributed by atoms with Crippen LogP contribution in [0, 0.1) is 10.1 Å². The molecule has 0 radical (unpaired) electrons. The Labute approximate surface area is 148 Å². The van der Waals surface area contributed by atoms with Crippen LogP contribution in [-0.4, -0.2) is 10.8 Å². The van der Waals surface area contributed by atoms with Crippen molar-refractivity contribution in [2.45, 2.75) is 6.54 Å². The molecule has 0 saturated heterocycles. The van der Waals surface area contributed by atoms with Gasteiger partial charge in [0.05, 0.1) is 11.5 Å². The van der Waals surface area contributed by atoms with Crippen LogP contribution in [0.15, 0.2) is 66.0 Å². The van der Waals surface area contributed by atoms with E-state index in [0.717, 1.165) is 10.6 Å². The standard InChI is InChI=1S/C18H15N3O3S/c22-18(19-12-15-7-4-10-25-15)13-8-9-16(17(11-13)21(23)24)20-14-5-2-1-3-6-14/h1-11,20H,12H2,(H,19,22). The van der Waals surface area contributed by atoms with E-state index in [4.69, 9.17) is 0 Å². The zero-order valence-electron chi connectivity index (χ0n) is 13.1. The molecule has 7 heteroatoms. The van der Waals surface area contributed by atoms with Crippen molar-refractivity contribution in [3.8, 4) is 0 Å². The Hall–Kier alpha value is -3.19. The van der Waals surface area contributed by atoms with Gasteiger partial charge >= 0.3 is 0 Å². The number of benzene rings is 2. The van der Waals surface area contributed by atoms with Crippen molar-refractivity contribution >= 4 is 34.3 Å². The van der Waals surface area contributed by atoms with Crippen LogP contribution in [0.25, 0.3) is 0 Å². The highest BCUT2D eigenvalue weighted by molar-refractivity contribution is 7.09. The maximum atomic E-state index is 12.2. The maximum Gasteiger partial charge on any atom is 0.293 e. The fourth-order valence-corrected chi connectivity index (χ4v) is 2.93. The zero-order chi connectivity index (χ0) is 17.6. The van der Waals surface area contributed by atoms with Crippen molar-refractivity contribution < 1.29 is 9.72 Å². The monoisotopic (exact) mass is 353 g/mol. The van der Waals surface area contributed by atoms with Crippen molar-refractivity contribution in [1.29, 1.82) is 0 Å². The Balaban J connectivity index is 1.78. The van der Waals surface area contributed by atoms with Gasteiger partial charge in [-0.05, 0) is 35.7 Å². The quantitative estimate of drug-likeness (QED) is 0.510. The van der Waals surface area contributed by atoms with Crippen LogP contribution in [0.3, 0.4) is 0 Å². The van der Waals surface area contributed by atoms with E-state index in [0.29, 0.717) is 12.2 Å². The van der Waals surface area contributed by atoms with Crippen molar-refractivity contribution in [2.24, 2.45) is 0 Å². The van der Waals surface area contributed by atoms with Crippen LogP contribution < -0.4 is 10.6 Å². The highest BCUT2D eigenvalue weighted by atomic mass is 32.1. The number of nitro benzene ring substituents is 1. The van der Waals surface area contributed by atoms with Crippen LogP contribution in [-0.2, 0) is 6.54 Å². The molecular formula is C18H15N3O3S. The Morgan fingerprint density at radius 3 is 2.56 bits per heavy atom. The van der Waals surface area contributed by atoms with E-state index in [9.17, 15) is 14.9 Å². The number of hydrogen-bond donors (Lipinski definition) is 2. The first kappa shape index (κ1) is 16.7. The molecule has 6 nitrogen and oxygen atoms in total. The summed E-state index contributed by atoms with van der Waals surface area (Å²) in [6, 6.07) is 17.4. The molecule has 1 amide bonds. The minimum atomic E-state index is -0.499. The molecule has 0 unspecified atom stereocenters. The highest BCUT2D eigenvalue weighted by Crippen LogP contribution is 2.28. The Kier molecular flexibility index (Phi) is 5.06. The number of carbonyl (C=O) groups is 1. The minimum Gasteiger partial charge on any atom is -0.350 e. The normalized spacial score (nSPS) is 10.2. The molecule has 25 heavy (non-hydrogen) atoms. The number of thiophene rings is 1. The van der Waals surface area contributed by atoms with Gasteiger partial charge in [-0.3, -0.25) is 14.9 Å². The largest absolute Gasteiger partial charge is 0.350 e. The summed E-state index contributed by atoms with van der Waals surface area (Å²) in [4.78, 5) is 24.1. The lowest BCUT2D eigenvalue weighted by Crippen LogP contribution is -2.22. The molecule has 0 atom stereocenters. The number of anilines is 2. The fraction of sp³-hybridized carbons (Fsp3) is 0.0556. The summed E-state index contributed by atoms with van der Waals surface area (Å²) in [5.41, 5.74) is 1.18. The molecule has 1 heterocycles. The maximum absolute atomic E-state index is 12.2. The van der Waals surface area contributed by atoms with Gasteiger partial charge in [-0.1, -0.05) is 24.3 Å². The zero-order valence-corrected chi connectivity index (χ0v) is 14.0. The molecule has 0 bridgehead atoms. The van der Waals surface area contributed by atoms with Gasteiger partial charge in [-0.25, -0.2) is 0 Å². The van der Waals surface area contributed by atoms with E-state index in [-0.39, 0.29) is 17.2 Å². The molecule has 126 valence electrons. The number of nitro groups is 1. The SMILES string of the molecule is O=C(NCc1cccs1)c1ccc(Nc2ccccc2)c([N+](=O)[O-])c1. The predicted molar refractivity (Wildman–Crippen MR) is 98.3 cm³/mol. The van der Waals surface area contributed by atoms with E-state index >= 15 is 0 Å². The number of nitrogens with zero attached hydrogens (tertiary/aromatic N) is 1. The Bertz CT molecular complexity index is 880. The molecule has 0 aliphatic heterocycles. The summed E-state index contributed by atoms with van der Waals surface area (Å²) in [6.45, 7) is 0.397. The molecule has 3 aromatic rings. The first-order valence-electron chi connectivity index (χ1n) is 7.54. The third-order valence-electron chi connectivity index (χ3n) is 3.51. The number of rotatable bonds is 6. The van der Waals surface area contributed by atoms with Gasteiger partial charge in [0, 0.05) is 22.2 Å². The lowest BCUT2D eigenvalue weighted by Gasteiger charge is -2.09. The fourth-order valence-electron chi connectivity index (χ4n) is 2.29. The molecule has 0 aliphatic rings. The van der Waals surface area contributed by atoms with E-state index < -0.39 is 4.92 Å². The first-order chi connectivity index (χ1) is 12.1. The molecule has 2 N–H and O–H groups in total. The molecular weight excluding hydrogens is 338 g/mol. The lowest BCUT2D eigenvalue weighted by atomic mass is 10.1. The first-order valence-corrected chi connectivity index (χ1v) is 8.42. The van der Waals surface area contributed by atoms with Crippen molar-refractivity contribution in [1.82, 2.24) is 5.32 Å². The summed E-state index contributed by atoms with van der Waals surface area (Å²) in [7, 11) is 0. The molecule has 3 rings (SSSR count). The summed E-state index contributed by atoms with van der Waals surface area (Å²) in [6.07, 6.45) is 0. The number of hydrogen-bond acceptors (Lipinski definition) is 5. The van der Waals surface area contributed by atoms with Gasteiger partial charge in [-0.15, -0.1) is 11.3 Å². The molecule has 2 aromatic carbocycles. The van der Waals surface area contributed by atoms with Crippen molar-refractivity contribution in [3.05, 3.63) is 86.6 Å². The van der Waals surface area contributed by atoms with Gasteiger partial charge in [-0.2, -0.15) is 0 Å². The van der Waals surface area contributed by atoms with E-state index in [2.05, 4.69) is 10.6 Å². The van der Waals surface area contributed by atoms with Crippen molar-refractivity contribution in [3.63, 3.8) is 0 Å². The Morgan fingerprint density at radius 2 is 1.88 bits per heavy atom. The molecule has 0 saturated carbocycles. The molecule has 1 aromatic heterocycles. The summed E-state index contributed by atoms with van der Waals surface area (Å²) in [5.74, 6) is -0.345. The van der Waals surface area contributed by atoms with Gasteiger partial charge < -0.3 is 10.6 Å². The van der Waals surface area contributed by atoms with Crippen LogP contribution >= 0.6 is 11.3 Å². The lowest BCUT2D eigenvalue weighted by molar-refractivity contribution is -0.383. The topological polar surface area (TPSA) is 84.3 Å². The van der Waals surface area contributed by atoms with Gasteiger partial charge in [0.2, 0.25) is 0 Å². The highest BCUT2D eigenvalue weighted by Gasteiger charge is 2.17. The van der Waals surface area contributed by atoms with Crippen molar-refractivity contribution in [2.75, 3.05) is 5.32 Å². The summed E-state index contributed by atoms with van der Waals surface area (Å²) >= 11 is 1.54. The number of nitrogens with one attached hydrogen (secondary N) is 2. The smallest absolute Gasteiger partial charge is 0.293 e. The van der Waals surface area contributed by atoms with Gasteiger partial charge in [0.15, 0.2) is 0 Å². The Morgan fingerprint density at radius 1 is 1.08 bits per heavy atom. The number of para-hydroxylation sites is 1. The van der Waals surface area contributed by atoms with Crippen LogP contribution in [0.1, 0.15) is 15.2 Å². The van der Waals surface area contributed by atoms with E-state index in [1.807, 2.05) is 47.8 Å². The average molecular weight is 353 g/mol. The second kappa shape index (κ2) is 7.59. The predicted octanol–water partition coefficient (Wildman–Crippen LogP) is 4.33. The van der Waals surface area contributed by atoms with Crippen LogP contribution in [0.5, 0.6) is 0 Å². The van der Waals surface area contributed by atoms with Gasteiger partial charge in [0.25, 0.3) is 11.6 Å². The van der Waals surface area contributed by atoms with Crippen LogP contribution in [0.4, 0.5) is 17.1 Å². The van der Waals surface area contributed by atoms with E-state index in [1.165, 1.54) is 17.4 Å². The number of carbonyl (C=O) groups excluding carboxylic acids is 1. The second-order valence-electron chi connectivity index (χ2n) is 5.24.